The lowest BCUT2D eigenvalue weighted by molar-refractivity contribution is -0.120. The van der Waals surface area contributed by atoms with E-state index < -0.39 is 11.9 Å². The molecular formula is C18H19N5O. The van der Waals surface area contributed by atoms with Crippen LogP contribution in [0.1, 0.15) is 22.7 Å². The van der Waals surface area contributed by atoms with Gasteiger partial charge in [0.15, 0.2) is 0 Å². The third kappa shape index (κ3) is 3.85. The van der Waals surface area contributed by atoms with Crippen LogP contribution in [0.25, 0.3) is 0 Å². The first-order chi connectivity index (χ1) is 11.7. The fourth-order valence-corrected chi connectivity index (χ4v) is 2.61. The molecule has 0 radical (unpaired) electrons. The summed E-state index contributed by atoms with van der Waals surface area (Å²) in [5, 5.41) is 7.39. The number of nitrogens with one attached hydrogen (secondary N) is 1. The predicted octanol–water partition coefficient (Wildman–Crippen LogP) is 1.64. The zero-order valence-electron chi connectivity index (χ0n) is 13.2. The fraction of sp³-hybridized carbons (Fsp3) is 0.167. The molecule has 6 nitrogen and oxygen atoms in total. The van der Waals surface area contributed by atoms with Gasteiger partial charge in [-0.15, -0.1) is 0 Å². The summed E-state index contributed by atoms with van der Waals surface area (Å²) in [5.41, 5.74) is 8.63. The van der Waals surface area contributed by atoms with Crippen molar-refractivity contribution in [1.82, 2.24) is 20.1 Å². The van der Waals surface area contributed by atoms with Crippen molar-refractivity contribution in [2.75, 3.05) is 0 Å². The number of aromatic nitrogens is 3. The summed E-state index contributed by atoms with van der Waals surface area (Å²) in [6.45, 7) is 1.16. The monoisotopic (exact) mass is 321 g/mol. The number of hydrogen-bond acceptors (Lipinski definition) is 4. The topological polar surface area (TPSA) is 85.8 Å². The van der Waals surface area contributed by atoms with Crippen LogP contribution in [-0.2, 0) is 17.9 Å². The Kier molecular flexibility index (Phi) is 4.98. The molecular weight excluding hydrogens is 302 g/mol. The van der Waals surface area contributed by atoms with Crippen molar-refractivity contribution in [1.29, 1.82) is 0 Å². The Morgan fingerprint density at radius 3 is 2.46 bits per heavy atom. The van der Waals surface area contributed by atoms with Gasteiger partial charge in [-0.05, 0) is 16.7 Å². The van der Waals surface area contributed by atoms with Crippen LogP contribution in [0.2, 0.25) is 0 Å². The maximum absolute atomic E-state index is 11.8. The largest absolute Gasteiger partial charge is 0.368 e. The average Bonchev–Trinajstić information content (AvgIpc) is 3.10. The molecule has 0 fully saturated rings. The third-order valence-electron chi connectivity index (χ3n) is 3.83. The number of nitrogens with two attached hydrogens (primary N) is 1. The molecule has 1 heterocycles. The molecule has 0 spiro atoms. The molecule has 3 rings (SSSR count). The van der Waals surface area contributed by atoms with Gasteiger partial charge < -0.3 is 5.73 Å². The lowest BCUT2D eigenvalue weighted by atomic mass is 10.0. The first-order valence-corrected chi connectivity index (χ1v) is 7.71. The van der Waals surface area contributed by atoms with E-state index in [1.165, 1.54) is 6.33 Å². The van der Waals surface area contributed by atoms with Gasteiger partial charge in [-0.2, -0.15) is 5.10 Å². The molecule has 0 aliphatic carbocycles. The lowest BCUT2D eigenvalue weighted by Crippen LogP contribution is -2.33. The van der Waals surface area contributed by atoms with Crippen LogP contribution in [0.3, 0.4) is 0 Å². The van der Waals surface area contributed by atoms with E-state index in [0.29, 0.717) is 13.1 Å². The number of primary amides is 1. The summed E-state index contributed by atoms with van der Waals surface area (Å²) >= 11 is 0. The van der Waals surface area contributed by atoms with Crippen molar-refractivity contribution in [2.24, 2.45) is 5.73 Å². The number of amides is 1. The highest BCUT2D eigenvalue weighted by atomic mass is 16.1. The molecule has 24 heavy (non-hydrogen) atoms. The van der Waals surface area contributed by atoms with E-state index in [2.05, 4.69) is 15.4 Å². The normalized spacial score (nSPS) is 12.0. The summed E-state index contributed by atoms with van der Waals surface area (Å²) in [7, 11) is 0. The van der Waals surface area contributed by atoms with Crippen molar-refractivity contribution in [3.05, 3.63) is 83.9 Å². The minimum absolute atomic E-state index is 0.394. The van der Waals surface area contributed by atoms with Gasteiger partial charge >= 0.3 is 0 Å². The molecule has 0 saturated heterocycles. The van der Waals surface area contributed by atoms with Crippen LogP contribution in [-0.4, -0.2) is 20.7 Å². The van der Waals surface area contributed by atoms with Gasteiger partial charge in [0.1, 0.15) is 18.7 Å². The number of nitrogens with zero attached hydrogens (tertiary/aromatic N) is 3. The smallest absolute Gasteiger partial charge is 0.239 e. The van der Waals surface area contributed by atoms with Gasteiger partial charge in [-0.25, -0.2) is 9.67 Å². The molecule has 0 bridgehead atoms. The molecule has 2 aromatic carbocycles. The zero-order valence-corrected chi connectivity index (χ0v) is 13.2. The van der Waals surface area contributed by atoms with Gasteiger partial charge in [0, 0.05) is 6.54 Å². The molecule has 6 heteroatoms. The van der Waals surface area contributed by atoms with E-state index in [4.69, 9.17) is 5.73 Å². The molecule has 1 aromatic heterocycles. The molecule has 0 saturated carbocycles. The number of hydrogen-bond donors (Lipinski definition) is 2. The lowest BCUT2D eigenvalue weighted by Gasteiger charge is -2.17. The van der Waals surface area contributed by atoms with E-state index in [9.17, 15) is 4.79 Å². The first kappa shape index (κ1) is 15.9. The first-order valence-electron chi connectivity index (χ1n) is 7.71. The van der Waals surface area contributed by atoms with Crippen molar-refractivity contribution in [3.63, 3.8) is 0 Å². The molecule has 1 atom stereocenters. The van der Waals surface area contributed by atoms with E-state index >= 15 is 0 Å². The number of rotatable bonds is 7. The van der Waals surface area contributed by atoms with Crippen molar-refractivity contribution in [3.8, 4) is 0 Å². The predicted molar refractivity (Wildman–Crippen MR) is 90.8 cm³/mol. The molecule has 3 aromatic rings. The van der Waals surface area contributed by atoms with Gasteiger partial charge in [-0.3, -0.25) is 10.1 Å². The summed E-state index contributed by atoms with van der Waals surface area (Å²) < 4.78 is 1.77. The zero-order chi connectivity index (χ0) is 16.8. The minimum atomic E-state index is -0.523. The van der Waals surface area contributed by atoms with Gasteiger partial charge in [0.2, 0.25) is 5.91 Å². The van der Waals surface area contributed by atoms with Crippen LogP contribution in [0.15, 0.2) is 67.3 Å². The molecule has 0 aliphatic rings. The van der Waals surface area contributed by atoms with Crippen molar-refractivity contribution < 1.29 is 4.79 Å². The number of carbonyl (C=O) groups is 1. The van der Waals surface area contributed by atoms with Crippen LogP contribution in [0.5, 0.6) is 0 Å². The van der Waals surface area contributed by atoms with E-state index in [1.54, 1.807) is 11.0 Å². The van der Waals surface area contributed by atoms with Crippen LogP contribution in [0, 0.1) is 0 Å². The second kappa shape index (κ2) is 7.52. The highest BCUT2D eigenvalue weighted by Crippen LogP contribution is 2.15. The summed E-state index contributed by atoms with van der Waals surface area (Å²) in [6.07, 6.45) is 3.19. The Morgan fingerprint density at radius 1 is 1.08 bits per heavy atom. The average molecular weight is 321 g/mol. The number of benzene rings is 2. The van der Waals surface area contributed by atoms with Gasteiger partial charge in [0.05, 0.1) is 6.54 Å². The Hall–Kier alpha value is -2.99. The summed E-state index contributed by atoms with van der Waals surface area (Å²) in [6, 6.07) is 17.0. The minimum Gasteiger partial charge on any atom is -0.368 e. The number of carbonyl (C=O) groups excluding carboxylic acids is 1. The SMILES string of the molecule is NC(=O)C(NCc1ccccc1Cn1cncn1)c1ccccc1. The Bertz CT molecular complexity index is 786. The Labute approximate surface area is 140 Å². The second-order valence-electron chi connectivity index (χ2n) is 5.49. The summed E-state index contributed by atoms with van der Waals surface area (Å²) in [5.74, 6) is -0.394. The Balaban J connectivity index is 1.75. The Morgan fingerprint density at radius 2 is 1.79 bits per heavy atom. The van der Waals surface area contributed by atoms with Gasteiger partial charge in [0.25, 0.3) is 0 Å². The van der Waals surface area contributed by atoms with Crippen molar-refractivity contribution >= 4 is 5.91 Å². The van der Waals surface area contributed by atoms with Crippen LogP contribution < -0.4 is 11.1 Å². The van der Waals surface area contributed by atoms with E-state index in [0.717, 1.165) is 16.7 Å². The molecule has 1 amide bonds. The molecule has 1 unspecified atom stereocenters. The van der Waals surface area contributed by atoms with Gasteiger partial charge in [-0.1, -0.05) is 54.6 Å². The van der Waals surface area contributed by atoms with Crippen molar-refractivity contribution in [2.45, 2.75) is 19.1 Å². The molecule has 0 aliphatic heterocycles. The second-order valence-corrected chi connectivity index (χ2v) is 5.49. The maximum atomic E-state index is 11.8. The van der Waals surface area contributed by atoms with E-state index in [-0.39, 0.29) is 0 Å². The van der Waals surface area contributed by atoms with E-state index in [1.807, 2.05) is 54.6 Å². The quantitative estimate of drug-likeness (QED) is 0.693. The maximum Gasteiger partial charge on any atom is 0.239 e. The summed E-state index contributed by atoms with van der Waals surface area (Å²) in [4.78, 5) is 15.8. The molecule has 3 N–H and O–H groups in total. The highest BCUT2D eigenvalue weighted by Gasteiger charge is 2.17. The fourth-order valence-electron chi connectivity index (χ4n) is 2.61. The molecule has 122 valence electrons. The third-order valence-corrected chi connectivity index (χ3v) is 3.83. The standard InChI is InChI=1S/C18H19N5O/c19-18(24)17(14-6-2-1-3-7-14)21-10-15-8-4-5-9-16(15)11-23-13-20-12-22-23/h1-9,12-13,17,21H,10-11H2,(H2,19,24). The van der Waals surface area contributed by atoms with Crippen LogP contribution in [0.4, 0.5) is 0 Å². The highest BCUT2D eigenvalue weighted by molar-refractivity contribution is 5.81. The van der Waals surface area contributed by atoms with Crippen LogP contribution >= 0.6 is 0 Å².